The molecule has 1 aromatic heterocycles. The number of rotatable bonds is 6. The Balaban J connectivity index is 1.66. The summed E-state index contributed by atoms with van der Waals surface area (Å²) in [5, 5.41) is 7.88. The highest BCUT2D eigenvalue weighted by Crippen LogP contribution is 2.25. The molecule has 2 aromatic carbocycles. The van der Waals surface area contributed by atoms with Gasteiger partial charge in [0.1, 0.15) is 0 Å². The van der Waals surface area contributed by atoms with Crippen molar-refractivity contribution in [3.8, 4) is 5.69 Å². The second-order valence-corrected chi connectivity index (χ2v) is 8.43. The highest BCUT2D eigenvalue weighted by Gasteiger charge is 2.12. The first-order chi connectivity index (χ1) is 13.8. The predicted molar refractivity (Wildman–Crippen MR) is 128 cm³/mol. The third-order valence-corrected chi connectivity index (χ3v) is 5.53. The van der Waals surface area contributed by atoms with Gasteiger partial charge in [0.25, 0.3) is 5.91 Å². The number of carbonyl (C=O) groups is 1. The molecule has 0 aliphatic heterocycles. The molecule has 0 radical (unpaired) electrons. The Morgan fingerprint density at radius 3 is 2.59 bits per heavy atom. The molecule has 150 valence electrons. The minimum absolute atomic E-state index is 0.151. The van der Waals surface area contributed by atoms with Crippen molar-refractivity contribution in [2.45, 2.75) is 20.8 Å². The summed E-state index contributed by atoms with van der Waals surface area (Å²) in [6, 6.07) is 15.7. The first kappa shape index (κ1) is 21.4. The van der Waals surface area contributed by atoms with Gasteiger partial charge in [-0.2, -0.15) is 5.10 Å². The zero-order valence-electron chi connectivity index (χ0n) is 16.5. The van der Waals surface area contributed by atoms with Crippen molar-refractivity contribution in [2.75, 3.05) is 11.9 Å². The van der Waals surface area contributed by atoms with E-state index in [1.165, 1.54) is 0 Å². The van der Waals surface area contributed by atoms with E-state index in [1.807, 2.05) is 62.4 Å². The molecule has 2 N–H and O–H groups in total. The first-order valence-electron chi connectivity index (χ1n) is 9.12. The quantitative estimate of drug-likeness (QED) is 0.266. The number of aromatic nitrogens is 1. The topological polar surface area (TPSA) is 58.4 Å². The van der Waals surface area contributed by atoms with Crippen LogP contribution < -0.4 is 10.7 Å². The molecule has 1 amide bonds. The molecule has 0 unspecified atom stereocenters. The Bertz CT molecular complexity index is 1060. The number of nitrogens with zero attached hydrogens (tertiary/aromatic N) is 2. The average Bonchev–Trinajstić information content (AvgIpc) is 2.97. The fourth-order valence-corrected chi connectivity index (χ4v) is 3.60. The van der Waals surface area contributed by atoms with Crippen LogP contribution >= 0.6 is 34.2 Å². The molecule has 0 atom stereocenters. The second kappa shape index (κ2) is 9.45. The average molecular weight is 521 g/mol. The van der Waals surface area contributed by atoms with Crippen molar-refractivity contribution in [2.24, 2.45) is 5.10 Å². The fraction of sp³-hybridized carbons (Fsp3) is 0.182. The summed E-state index contributed by atoms with van der Waals surface area (Å²) < 4.78 is 3.29. The van der Waals surface area contributed by atoms with Gasteiger partial charge in [-0.15, -0.1) is 0 Å². The van der Waals surface area contributed by atoms with Crippen molar-refractivity contribution < 1.29 is 4.79 Å². The van der Waals surface area contributed by atoms with Gasteiger partial charge in [0.15, 0.2) is 0 Å². The van der Waals surface area contributed by atoms with Crippen molar-refractivity contribution in [3.05, 3.63) is 79.6 Å². The van der Waals surface area contributed by atoms with Gasteiger partial charge in [0.05, 0.1) is 12.8 Å². The lowest BCUT2D eigenvalue weighted by Gasteiger charge is -2.13. The van der Waals surface area contributed by atoms with Crippen LogP contribution in [-0.4, -0.2) is 23.2 Å². The molecule has 0 aliphatic rings. The Hall–Kier alpha value is -2.32. The number of nitrogens with one attached hydrogen (secondary N) is 2. The lowest BCUT2D eigenvalue weighted by Crippen LogP contribution is -2.25. The first-order valence-corrected chi connectivity index (χ1v) is 10.6. The number of hydrazone groups is 1. The number of aryl methyl sites for hydroxylation is 2. The molecule has 0 saturated heterocycles. The highest BCUT2D eigenvalue weighted by atomic mass is 127. The molecular formula is C22H22ClIN4O. The summed E-state index contributed by atoms with van der Waals surface area (Å²) in [6.45, 7) is 6.26. The van der Waals surface area contributed by atoms with Crippen LogP contribution in [0.25, 0.3) is 5.69 Å². The van der Waals surface area contributed by atoms with Crippen molar-refractivity contribution >= 4 is 52.0 Å². The van der Waals surface area contributed by atoms with Gasteiger partial charge < -0.3 is 9.88 Å². The summed E-state index contributed by atoms with van der Waals surface area (Å²) >= 11 is 8.43. The maximum absolute atomic E-state index is 12.0. The number of hydrogen-bond acceptors (Lipinski definition) is 3. The maximum atomic E-state index is 12.0. The molecule has 3 aromatic rings. The van der Waals surface area contributed by atoms with Crippen LogP contribution in [0, 0.1) is 24.3 Å². The SMILES string of the molecule is Cc1ccc(Cl)cc1-n1c(C)cc(/C=N\NC(=O)CNc2ccc(I)cc2)c1C. The van der Waals surface area contributed by atoms with Crippen LogP contribution in [0.4, 0.5) is 5.69 Å². The monoisotopic (exact) mass is 520 g/mol. The third kappa shape index (κ3) is 5.39. The van der Waals surface area contributed by atoms with E-state index >= 15 is 0 Å². The standard InChI is InChI=1S/C22H22ClIN4O/c1-14-4-5-18(23)11-21(14)28-15(2)10-17(16(28)3)12-26-27-22(29)13-25-20-8-6-19(24)7-9-20/h4-12,25H,13H2,1-3H3,(H,27,29)/b26-12-. The summed E-state index contributed by atoms with van der Waals surface area (Å²) in [4.78, 5) is 12.0. The number of benzene rings is 2. The zero-order valence-corrected chi connectivity index (χ0v) is 19.4. The molecule has 0 aliphatic carbocycles. The summed E-state index contributed by atoms with van der Waals surface area (Å²) in [6.07, 6.45) is 1.67. The van der Waals surface area contributed by atoms with E-state index in [4.69, 9.17) is 11.6 Å². The lowest BCUT2D eigenvalue weighted by atomic mass is 10.2. The molecule has 0 spiro atoms. The van der Waals surface area contributed by atoms with E-state index in [9.17, 15) is 4.79 Å². The molecule has 1 heterocycles. The van der Waals surface area contributed by atoms with E-state index in [0.717, 1.165) is 37.5 Å². The number of amides is 1. The molecule has 0 bridgehead atoms. The third-order valence-electron chi connectivity index (χ3n) is 4.57. The van der Waals surface area contributed by atoms with Gasteiger partial charge in [0, 0.05) is 36.9 Å². The van der Waals surface area contributed by atoms with E-state index in [1.54, 1.807) is 6.21 Å². The molecule has 29 heavy (non-hydrogen) atoms. The normalized spacial score (nSPS) is 11.1. The Morgan fingerprint density at radius 2 is 1.86 bits per heavy atom. The fourth-order valence-electron chi connectivity index (χ4n) is 3.08. The minimum atomic E-state index is -0.209. The van der Waals surface area contributed by atoms with Crippen LogP contribution in [0.15, 0.2) is 53.6 Å². The largest absolute Gasteiger partial charge is 0.376 e. The Kier molecular flexibility index (Phi) is 6.97. The van der Waals surface area contributed by atoms with Crippen LogP contribution in [-0.2, 0) is 4.79 Å². The van der Waals surface area contributed by atoms with E-state index in [0.29, 0.717) is 5.02 Å². The minimum Gasteiger partial charge on any atom is -0.376 e. The molecule has 0 saturated carbocycles. The molecule has 0 fully saturated rings. The maximum Gasteiger partial charge on any atom is 0.259 e. The van der Waals surface area contributed by atoms with Gasteiger partial charge in [-0.1, -0.05) is 17.7 Å². The molecule has 3 rings (SSSR count). The molecule has 7 heteroatoms. The van der Waals surface area contributed by atoms with Gasteiger partial charge in [-0.05, 0) is 91.4 Å². The van der Waals surface area contributed by atoms with Crippen LogP contribution in [0.1, 0.15) is 22.5 Å². The zero-order chi connectivity index (χ0) is 21.0. The van der Waals surface area contributed by atoms with E-state index in [2.05, 4.69) is 49.9 Å². The van der Waals surface area contributed by atoms with Gasteiger partial charge in [0.2, 0.25) is 0 Å². The summed E-state index contributed by atoms with van der Waals surface area (Å²) in [5.41, 5.74) is 8.67. The molecule has 5 nitrogen and oxygen atoms in total. The summed E-state index contributed by atoms with van der Waals surface area (Å²) in [5.74, 6) is -0.209. The van der Waals surface area contributed by atoms with Gasteiger partial charge >= 0.3 is 0 Å². The van der Waals surface area contributed by atoms with E-state index in [-0.39, 0.29) is 12.5 Å². The van der Waals surface area contributed by atoms with Crippen molar-refractivity contribution in [1.29, 1.82) is 0 Å². The van der Waals surface area contributed by atoms with Gasteiger partial charge in [-0.25, -0.2) is 5.43 Å². The number of anilines is 1. The number of carbonyl (C=O) groups excluding carboxylic acids is 1. The van der Waals surface area contributed by atoms with Crippen molar-refractivity contribution in [1.82, 2.24) is 9.99 Å². The predicted octanol–water partition coefficient (Wildman–Crippen LogP) is 5.22. The van der Waals surface area contributed by atoms with Crippen molar-refractivity contribution in [3.63, 3.8) is 0 Å². The van der Waals surface area contributed by atoms with Gasteiger partial charge in [-0.3, -0.25) is 4.79 Å². The van der Waals surface area contributed by atoms with E-state index < -0.39 is 0 Å². The van der Waals surface area contributed by atoms with Crippen LogP contribution in [0.2, 0.25) is 5.02 Å². The van der Waals surface area contributed by atoms with Crippen LogP contribution in [0.3, 0.4) is 0 Å². The highest BCUT2D eigenvalue weighted by molar-refractivity contribution is 14.1. The Labute approximate surface area is 189 Å². The summed E-state index contributed by atoms with van der Waals surface area (Å²) in [7, 11) is 0. The lowest BCUT2D eigenvalue weighted by molar-refractivity contribution is -0.119. The number of halogens is 2. The second-order valence-electron chi connectivity index (χ2n) is 6.75. The smallest absolute Gasteiger partial charge is 0.259 e. The molecular weight excluding hydrogens is 499 g/mol. The Morgan fingerprint density at radius 1 is 1.14 bits per heavy atom. The van der Waals surface area contributed by atoms with Crippen LogP contribution in [0.5, 0.6) is 0 Å². The number of hydrogen-bond donors (Lipinski definition) is 2.